The molecule has 1 N–H and O–H groups in total. The van der Waals surface area contributed by atoms with Crippen molar-refractivity contribution in [2.45, 2.75) is 0 Å². The van der Waals surface area contributed by atoms with Gasteiger partial charge in [-0.15, -0.1) is 0 Å². The fourth-order valence-electron chi connectivity index (χ4n) is 1.20. The van der Waals surface area contributed by atoms with Gasteiger partial charge >= 0.3 is 0 Å². The molecule has 0 bridgehead atoms. The fourth-order valence-corrected chi connectivity index (χ4v) is 2.16. The van der Waals surface area contributed by atoms with E-state index < -0.39 is 0 Å². The Morgan fingerprint density at radius 1 is 1.31 bits per heavy atom. The minimum absolute atomic E-state index is 0.241. The zero-order valence-electron chi connectivity index (χ0n) is 8.05. The van der Waals surface area contributed by atoms with Crippen LogP contribution in [0.15, 0.2) is 41.0 Å². The van der Waals surface area contributed by atoms with Crippen molar-refractivity contribution >= 4 is 50.0 Å². The van der Waals surface area contributed by atoms with Crippen LogP contribution >= 0.6 is 38.5 Å². The standard InChI is InChI=1S/C11H7BrFIN2/c12-8-2-1-5-15-11(8)16-10-4-3-7(13)6-9(10)14/h1-6H,(H,15,16). The molecule has 82 valence electrons. The molecule has 0 aliphatic rings. The van der Waals surface area contributed by atoms with Crippen molar-refractivity contribution in [3.63, 3.8) is 0 Å². The molecule has 0 spiro atoms. The van der Waals surface area contributed by atoms with Crippen LogP contribution in [0.1, 0.15) is 0 Å². The normalized spacial score (nSPS) is 10.2. The second-order valence-corrected chi connectivity index (χ2v) is 5.10. The summed E-state index contributed by atoms with van der Waals surface area (Å²) in [6, 6.07) is 8.32. The van der Waals surface area contributed by atoms with Crippen LogP contribution in [-0.2, 0) is 0 Å². The highest BCUT2D eigenvalue weighted by molar-refractivity contribution is 14.1. The maximum Gasteiger partial charge on any atom is 0.144 e. The van der Waals surface area contributed by atoms with E-state index in [1.54, 1.807) is 12.3 Å². The van der Waals surface area contributed by atoms with Crippen LogP contribution in [0.25, 0.3) is 0 Å². The predicted octanol–water partition coefficient (Wildman–Crippen LogP) is 4.33. The molecule has 16 heavy (non-hydrogen) atoms. The minimum Gasteiger partial charge on any atom is -0.338 e. The molecule has 1 heterocycles. The largest absolute Gasteiger partial charge is 0.338 e. The summed E-state index contributed by atoms with van der Waals surface area (Å²) in [6.45, 7) is 0. The Hall–Kier alpha value is -0.690. The van der Waals surface area contributed by atoms with E-state index in [1.165, 1.54) is 12.1 Å². The van der Waals surface area contributed by atoms with E-state index in [4.69, 9.17) is 0 Å². The van der Waals surface area contributed by atoms with Gasteiger partial charge in [-0.25, -0.2) is 9.37 Å². The summed E-state index contributed by atoms with van der Waals surface area (Å²) < 4.78 is 14.6. The van der Waals surface area contributed by atoms with Crippen molar-refractivity contribution < 1.29 is 4.39 Å². The van der Waals surface area contributed by atoms with E-state index in [1.807, 2.05) is 12.1 Å². The molecular weight excluding hydrogens is 386 g/mol. The quantitative estimate of drug-likeness (QED) is 0.769. The van der Waals surface area contributed by atoms with Crippen molar-refractivity contribution in [3.05, 3.63) is 50.4 Å². The Morgan fingerprint density at radius 3 is 2.81 bits per heavy atom. The molecule has 0 atom stereocenters. The van der Waals surface area contributed by atoms with Gasteiger partial charge in [0.1, 0.15) is 11.6 Å². The first-order valence-corrected chi connectivity index (χ1v) is 6.36. The number of pyridine rings is 1. The Bertz CT molecular complexity index is 519. The molecule has 2 rings (SSSR count). The lowest BCUT2D eigenvalue weighted by molar-refractivity contribution is 0.627. The van der Waals surface area contributed by atoms with Crippen LogP contribution in [0, 0.1) is 9.39 Å². The molecule has 0 aliphatic carbocycles. The van der Waals surface area contributed by atoms with Crippen molar-refractivity contribution in [1.29, 1.82) is 0 Å². The highest BCUT2D eigenvalue weighted by atomic mass is 127. The number of hydrogen-bond donors (Lipinski definition) is 1. The van der Waals surface area contributed by atoms with Gasteiger partial charge in [0.15, 0.2) is 0 Å². The first-order chi connectivity index (χ1) is 7.66. The van der Waals surface area contributed by atoms with Crippen LogP contribution in [0.5, 0.6) is 0 Å². The molecule has 0 amide bonds. The zero-order valence-corrected chi connectivity index (χ0v) is 11.8. The van der Waals surface area contributed by atoms with E-state index in [9.17, 15) is 4.39 Å². The summed E-state index contributed by atoms with van der Waals surface area (Å²) in [5.74, 6) is 0.474. The van der Waals surface area contributed by atoms with Crippen LogP contribution < -0.4 is 5.32 Å². The molecule has 1 aromatic heterocycles. The Morgan fingerprint density at radius 2 is 2.12 bits per heavy atom. The molecule has 0 unspecified atom stereocenters. The number of halogens is 3. The minimum atomic E-state index is -0.241. The second-order valence-electron chi connectivity index (χ2n) is 3.08. The van der Waals surface area contributed by atoms with E-state index >= 15 is 0 Å². The summed E-state index contributed by atoms with van der Waals surface area (Å²) in [5.41, 5.74) is 0.835. The molecular formula is C11H7BrFIN2. The molecule has 5 heteroatoms. The first kappa shape index (κ1) is 11.8. The number of hydrogen-bond acceptors (Lipinski definition) is 2. The summed E-state index contributed by atoms with van der Waals surface area (Å²) in [5, 5.41) is 3.14. The maximum absolute atomic E-state index is 12.9. The van der Waals surface area contributed by atoms with Gasteiger partial charge in [0, 0.05) is 9.77 Å². The lowest BCUT2D eigenvalue weighted by Crippen LogP contribution is -1.96. The molecule has 1 aromatic carbocycles. The summed E-state index contributed by atoms with van der Waals surface area (Å²) in [6.07, 6.45) is 1.70. The molecule has 0 aliphatic heterocycles. The number of anilines is 2. The lowest BCUT2D eigenvalue weighted by Gasteiger charge is -2.08. The molecule has 0 radical (unpaired) electrons. The van der Waals surface area contributed by atoms with Gasteiger partial charge in [0.05, 0.1) is 10.2 Å². The van der Waals surface area contributed by atoms with E-state index in [0.717, 1.165) is 13.7 Å². The van der Waals surface area contributed by atoms with E-state index in [-0.39, 0.29) is 5.82 Å². The average Bonchev–Trinajstić information content (AvgIpc) is 2.25. The zero-order chi connectivity index (χ0) is 11.5. The summed E-state index contributed by atoms with van der Waals surface area (Å²) in [7, 11) is 0. The highest BCUT2D eigenvalue weighted by Gasteiger charge is 2.04. The SMILES string of the molecule is Fc1ccc(Nc2ncccc2Br)c(I)c1. The van der Waals surface area contributed by atoms with Gasteiger partial charge in [-0.1, -0.05) is 0 Å². The molecule has 0 saturated carbocycles. The highest BCUT2D eigenvalue weighted by Crippen LogP contribution is 2.26. The number of nitrogens with one attached hydrogen (secondary N) is 1. The predicted molar refractivity (Wildman–Crippen MR) is 74.3 cm³/mol. The number of aromatic nitrogens is 1. The van der Waals surface area contributed by atoms with Gasteiger partial charge < -0.3 is 5.32 Å². The first-order valence-electron chi connectivity index (χ1n) is 4.49. The van der Waals surface area contributed by atoms with Gasteiger partial charge in [-0.05, 0) is 68.9 Å². The molecule has 0 saturated heterocycles. The molecule has 2 nitrogen and oxygen atoms in total. The van der Waals surface area contributed by atoms with Gasteiger partial charge in [-0.3, -0.25) is 0 Å². The molecule has 2 aromatic rings. The van der Waals surface area contributed by atoms with Gasteiger partial charge in [-0.2, -0.15) is 0 Å². The van der Waals surface area contributed by atoms with Crippen LogP contribution in [0.3, 0.4) is 0 Å². The van der Waals surface area contributed by atoms with Gasteiger partial charge in [0.2, 0.25) is 0 Å². The maximum atomic E-state index is 12.9. The topological polar surface area (TPSA) is 24.9 Å². The van der Waals surface area contributed by atoms with Crippen molar-refractivity contribution in [1.82, 2.24) is 4.98 Å². The van der Waals surface area contributed by atoms with Crippen LogP contribution in [0.2, 0.25) is 0 Å². The summed E-state index contributed by atoms with van der Waals surface area (Å²) >= 11 is 5.47. The summed E-state index contributed by atoms with van der Waals surface area (Å²) in [4.78, 5) is 4.18. The number of rotatable bonds is 2. The van der Waals surface area contributed by atoms with E-state index in [2.05, 4.69) is 48.8 Å². The number of nitrogens with zero attached hydrogens (tertiary/aromatic N) is 1. The van der Waals surface area contributed by atoms with E-state index in [0.29, 0.717) is 5.82 Å². The van der Waals surface area contributed by atoms with Gasteiger partial charge in [0.25, 0.3) is 0 Å². The lowest BCUT2D eigenvalue weighted by atomic mass is 10.3. The fraction of sp³-hybridized carbons (Fsp3) is 0. The third-order valence-corrected chi connectivity index (χ3v) is 3.48. The van der Waals surface area contributed by atoms with Crippen LogP contribution in [0.4, 0.5) is 15.9 Å². The Kier molecular flexibility index (Phi) is 3.75. The van der Waals surface area contributed by atoms with Crippen molar-refractivity contribution in [2.75, 3.05) is 5.32 Å². The van der Waals surface area contributed by atoms with Crippen molar-refractivity contribution in [2.24, 2.45) is 0 Å². The second kappa shape index (κ2) is 5.09. The third kappa shape index (κ3) is 2.70. The molecule has 0 fully saturated rings. The monoisotopic (exact) mass is 392 g/mol. The third-order valence-electron chi connectivity index (χ3n) is 1.94. The van der Waals surface area contributed by atoms with Crippen molar-refractivity contribution in [3.8, 4) is 0 Å². The van der Waals surface area contributed by atoms with Crippen LogP contribution in [-0.4, -0.2) is 4.98 Å². The Labute approximate surface area is 115 Å². The average molecular weight is 393 g/mol. The Balaban J connectivity index is 2.31. The smallest absolute Gasteiger partial charge is 0.144 e. The number of benzene rings is 1.